The lowest BCUT2D eigenvalue weighted by molar-refractivity contribution is 0.507. The molecule has 72 valence electrons. The Morgan fingerprint density at radius 2 is 2.23 bits per heavy atom. The van der Waals surface area contributed by atoms with Gasteiger partial charge in [-0.05, 0) is 47.1 Å². The van der Waals surface area contributed by atoms with E-state index in [1.165, 1.54) is 0 Å². The van der Waals surface area contributed by atoms with E-state index in [1.54, 1.807) is 4.57 Å². The van der Waals surface area contributed by atoms with Crippen LogP contribution in [0.3, 0.4) is 0 Å². The van der Waals surface area contributed by atoms with Crippen molar-refractivity contribution in [2.75, 3.05) is 0 Å². The summed E-state index contributed by atoms with van der Waals surface area (Å²) in [4.78, 5) is 11.5. The fraction of sp³-hybridized carbons (Fsp3) is 0.500. The minimum atomic E-state index is 0.128. The van der Waals surface area contributed by atoms with E-state index in [9.17, 15) is 4.79 Å². The molecule has 3 heteroatoms. The Morgan fingerprint density at radius 1 is 1.54 bits per heavy atom. The summed E-state index contributed by atoms with van der Waals surface area (Å²) in [6.07, 6.45) is 2.91. The van der Waals surface area contributed by atoms with Crippen molar-refractivity contribution >= 4 is 22.6 Å². The van der Waals surface area contributed by atoms with Crippen molar-refractivity contribution in [3.8, 4) is 0 Å². The molecule has 1 rings (SSSR count). The van der Waals surface area contributed by atoms with Crippen LogP contribution < -0.4 is 5.56 Å². The van der Waals surface area contributed by atoms with E-state index in [2.05, 4.69) is 36.4 Å². The van der Waals surface area contributed by atoms with Crippen LogP contribution in [0.15, 0.2) is 23.1 Å². The van der Waals surface area contributed by atoms with Crippen LogP contribution in [0.1, 0.15) is 20.3 Å². The summed E-state index contributed by atoms with van der Waals surface area (Å²) >= 11 is 2.07. The maximum absolute atomic E-state index is 11.5. The molecule has 0 aliphatic rings. The fourth-order valence-electron chi connectivity index (χ4n) is 1.08. The maximum atomic E-state index is 11.5. The molecule has 0 saturated heterocycles. The van der Waals surface area contributed by atoms with Crippen LogP contribution in [-0.4, -0.2) is 4.57 Å². The summed E-state index contributed by atoms with van der Waals surface area (Å²) in [5.41, 5.74) is 0.128. The van der Waals surface area contributed by atoms with E-state index in [1.807, 2.05) is 18.3 Å². The molecule has 0 radical (unpaired) electrons. The van der Waals surface area contributed by atoms with Crippen molar-refractivity contribution in [1.82, 2.24) is 4.57 Å². The van der Waals surface area contributed by atoms with Gasteiger partial charge in [0.05, 0.1) is 3.57 Å². The van der Waals surface area contributed by atoms with E-state index in [0.29, 0.717) is 5.92 Å². The summed E-state index contributed by atoms with van der Waals surface area (Å²) in [6.45, 7) is 5.16. The van der Waals surface area contributed by atoms with Crippen LogP contribution >= 0.6 is 22.6 Å². The summed E-state index contributed by atoms with van der Waals surface area (Å²) in [6, 6.07) is 3.76. The SMILES string of the molecule is CC(C)CCn1cccc(I)c1=O. The standard InChI is InChI=1S/C10H14INO/c1-8(2)5-7-12-6-3-4-9(11)10(12)13/h3-4,6,8H,5,7H2,1-2H3. The maximum Gasteiger partial charge on any atom is 0.263 e. The van der Waals surface area contributed by atoms with Crippen molar-refractivity contribution in [3.05, 3.63) is 32.3 Å². The van der Waals surface area contributed by atoms with Crippen LogP contribution in [0.5, 0.6) is 0 Å². The molecule has 0 unspecified atom stereocenters. The van der Waals surface area contributed by atoms with E-state index in [4.69, 9.17) is 0 Å². The monoisotopic (exact) mass is 291 g/mol. The summed E-state index contributed by atoms with van der Waals surface area (Å²) in [5.74, 6) is 0.643. The number of nitrogens with zero attached hydrogens (tertiary/aromatic N) is 1. The second-order valence-electron chi connectivity index (χ2n) is 3.54. The predicted octanol–water partition coefficient (Wildman–Crippen LogP) is 2.50. The largest absolute Gasteiger partial charge is 0.315 e. The molecule has 0 fully saturated rings. The number of aryl methyl sites for hydroxylation is 1. The lowest BCUT2D eigenvalue weighted by Crippen LogP contribution is -2.21. The van der Waals surface area contributed by atoms with E-state index in [-0.39, 0.29) is 5.56 Å². The summed E-state index contributed by atoms with van der Waals surface area (Å²) in [5, 5.41) is 0. The first kappa shape index (κ1) is 10.8. The Hall–Kier alpha value is -0.320. The summed E-state index contributed by atoms with van der Waals surface area (Å²) in [7, 11) is 0. The Kier molecular flexibility index (Phi) is 3.96. The van der Waals surface area contributed by atoms with E-state index < -0.39 is 0 Å². The van der Waals surface area contributed by atoms with Crippen molar-refractivity contribution in [3.63, 3.8) is 0 Å². The molecule has 0 amide bonds. The minimum Gasteiger partial charge on any atom is -0.315 e. The smallest absolute Gasteiger partial charge is 0.263 e. The molecule has 0 bridgehead atoms. The average molecular weight is 291 g/mol. The Labute approximate surface area is 92.1 Å². The van der Waals surface area contributed by atoms with Gasteiger partial charge in [-0.1, -0.05) is 13.8 Å². The highest BCUT2D eigenvalue weighted by Gasteiger charge is 2.00. The molecular weight excluding hydrogens is 277 g/mol. The Balaban J connectivity index is 2.78. The molecule has 0 spiro atoms. The number of pyridine rings is 1. The van der Waals surface area contributed by atoms with Crippen LogP contribution in [0.25, 0.3) is 0 Å². The number of rotatable bonds is 3. The number of aromatic nitrogens is 1. The molecule has 1 aromatic heterocycles. The van der Waals surface area contributed by atoms with Crippen molar-refractivity contribution < 1.29 is 0 Å². The van der Waals surface area contributed by atoms with Gasteiger partial charge >= 0.3 is 0 Å². The van der Waals surface area contributed by atoms with Crippen molar-refractivity contribution in [2.24, 2.45) is 5.92 Å². The third-order valence-corrected chi connectivity index (χ3v) is 2.74. The first-order chi connectivity index (χ1) is 6.11. The summed E-state index contributed by atoms with van der Waals surface area (Å²) < 4.78 is 2.57. The number of hydrogen-bond acceptors (Lipinski definition) is 1. The number of hydrogen-bond donors (Lipinski definition) is 0. The molecule has 0 atom stereocenters. The molecule has 0 saturated carbocycles. The zero-order chi connectivity index (χ0) is 9.84. The van der Waals surface area contributed by atoms with Gasteiger partial charge < -0.3 is 4.57 Å². The van der Waals surface area contributed by atoms with Gasteiger partial charge in [0, 0.05) is 12.7 Å². The van der Waals surface area contributed by atoms with Crippen LogP contribution in [-0.2, 0) is 6.54 Å². The molecule has 1 aromatic rings. The zero-order valence-corrected chi connectivity index (χ0v) is 10.1. The van der Waals surface area contributed by atoms with Crippen molar-refractivity contribution in [1.29, 1.82) is 0 Å². The number of halogens is 1. The average Bonchev–Trinajstić information content (AvgIpc) is 2.07. The Bertz CT molecular complexity index is 330. The topological polar surface area (TPSA) is 22.0 Å². The third-order valence-electron chi connectivity index (χ3n) is 1.92. The fourth-order valence-corrected chi connectivity index (χ4v) is 1.60. The van der Waals surface area contributed by atoms with Gasteiger partial charge in [0.15, 0.2) is 0 Å². The normalized spacial score (nSPS) is 10.8. The second kappa shape index (κ2) is 4.79. The highest BCUT2D eigenvalue weighted by Crippen LogP contribution is 2.02. The molecule has 0 aromatic carbocycles. The molecule has 0 aliphatic carbocycles. The van der Waals surface area contributed by atoms with Crippen molar-refractivity contribution in [2.45, 2.75) is 26.8 Å². The first-order valence-corrected chi connectivity index (χ1v) is 5.54. The second-order valence-corrected chi connectivity index (χ2v) is 4.70. The lowest BCUT2D eigenvalue weighted by Gasteiger charge is -2.07. The highest BCUT2D eigenvalue weighted by atomic mass is 127. The molecular formula is C10H14INO. The quantitative estimate of drug-likeness (QED) is 0.784. The molecule has 13 heavy (non-hydrogen) atoms. The van der Waals surface area contributed by atoms with E-state index in [0.717, 1.165) is 16.5 Å². The third kappa shape index (κ3) is 3.14. The van der Waals surface area contributed by atoms with Crippen LogP contribution in [0, 0.1) is 9.49 Å². The van der Waals surface area contributed by atoms with Gasteiger partial charge in [-0.15, -0.1) is 0 Å². The van der Waals surface area contributed by atoms with Gasteiger partial charge in [-0.25, -0.2) is 0 Å². The molecule has 2 nitrogen and oxygen atoms in total. The van der Waals surface area contributed by atoms with Crippen LogP contribution in [0.2, 0.25) is 0 Å². The minimum absolute atomic E-state index is 0.128. The zero-order valence-electron chi connectivity index (χ0n) is 7.96. The van der Waals surface area contributed by atoms with Gasteiger partial charge in [0.2, 0.25) is 0 Å². The van der Waals surface area contributed by atoms with E-state index >= 15 is 0 Å². The Morgan fingerprint density at radius 3 is 2.85 bits per heavy atom. The van der Waals surface area contributed by atoms with Gasteiger partial charge in [-0.3, -0.25) is 4.79 Å². The van der Waals surface area contributed by atoms with Gasteiger partial charge in [0.25, 0.3) is 5.56 Å². The highest BCUT2D eigenvalue weighted by molar-refractivity contribution is 14.1. The van der Waals surface area contributed by atoms with Gasteiger partial charge in [0.1, 0.15) is 0 Å². The molecule has 0 N–H and O–H groups in total. The lowest BCUT2D eigenvalue weighted by atomic mass is 10.1. The molecule has 0 aliphatic heterocycles. The van der Waals surface area contributed by atoms with Crippen LogP contribution in [0.4, 0.5) is 0 Å². The molecule has 1 heterocycles. The van der Waals surface area contributed by atoms with Gasteiger partial charge in [-0.2, -0.15) is 0 Å². The predicted molar refractivity (Wildman–Crippen MR) is 62.9 cm³/mol. The first-order valence-electron chi connectivity index (χ1n) is 4.46.